The van der Waals surface area contributed by atoms with E-state index in [1.807, 2.05) is 0 Å². The highest BCUT2D eigenvalue weighted by Crippen LogP contribution is 2.33. The first-order chi connectivity index (χ1) is 6.59. The Morgan fingerprint density at radius 2 is 2.14 bits per heavy atom. The van der Waals surface area contributed by atoms with E-state index in [-0.39, 0.29) is 11.1 Å². The van der Waals surface area contributed by atoms with Gasteiger partial charge in [0.05, 0.1) is 11.1 Å². The zero-order valence-corrected chi connectivity index (χ0v) is 7.11. The molecule has 0 saturated heterocycles. The molecule has 0 aromatic heterocycles. The molecular formula is C10H6O4. The maximum absolute atomic E-state index is 11.0. The van der Waals surface area contributed by atoms with Gasteiger partial charge in [-0.05, 0) is 18.2 Å². The van der Waals surface area contributed by atoms with Gasteiger partial charge in [0.15, 0.2) is 0 Å². The largest absolute Gasteiger partial charge is 0.478 e. The van der Waals surface area contributed by atoms with Crippen molar-refractivity contribution in [2.24, 2.45) is 0 Å². The Hall–Kier alpha value is -2.10. The molecular weight excluding hydrogens is 184 g/mol. The zero-order chi connectivity index (χ0) is 10.3. The van der Waals surface area contributed by atoms with Crippen molar-refractivity contribution in [1.29, 1.82) is 0 Å². The van der Waals surface area contributed by atoms with Crippen LogP contribution in [0.4, 0.5) is 0 Å². The number of esters is 1. The van der Waals surface area contributed by atoms with Crippen LogP contribution in [-0.4, -0.2) is 17.0 Å². The van der Waals surface area contributed by atoms with Crippen LogP contribution < -0.4 is 4.74 Å². The molecule has 2 rings (SSSR count). The molecule has 0 fully saturated rings. The Bertz CT molecular complexity index is 459. The van der Waals surface area contributed by atoms with Crippen LogP contribution in [0.2, 0.25) is 0 Å². The summed E-state index contributed by atoms with van der Waals surface area (Å²) in [5.41, 5.74) is 0.765. The SMILES string of the molecule is C=C1C(=O)Oc2ccc(C(=O)O)cc21. The van der Waals surface area contributed by atoms with Crippen LogP contribution in [0.3, 0.4) is 0 Å². The molecule has 1 aromatic rings. The topological polar surface area (TPSA) is 63.6 Å². The first-order valence-electron chi connectivity index (χ1n) is 3.88. The minimum absolute atomic E-state index is 0.114. The first kappa shape index (κ1) is 8.50. The lowest BCUT2D eigenvalue weighted by Crippen LogP contribution is -1.98. The van der Waals surface area contributed by atoms with E-state index in [4.69, 9.17) is 9.84 Å². The van der Waals surface area contributed by atoms with Crippen molar-refractivity contribution in [2.75, 3.05) is 0 Å². The van der Waals surface area contributed by atoms with Crippen LogP contribution in [0.25, 0.3) is 5.57 Å². The molecule has 1 aliphatic heterocycles. The van der Waals surface area contributed by atoms with Crippen molar-refractivity contribution in [3.05, 3.63) is 35.9 Å². The molecule has 70 valence electrons. The van der Waals surface area contributed by atoms with E-state index in [0.29, 0.717) is 11.3 Å². The second-order valence-corrected chi connectivity index (χ2v) is 2.88. The van der Waals surface area contributed by atoms with E-state index in [1.165, 1.54) is 18.2 Å². The Kier molecular flexibility index (Phi) is 1.64. The molecule has 1 aliphatic rings. The third-order valence-corrected chi connectivity index (χ3v) is 2.00. The molecule has 0 unspecified atom stereocenters. The number of ether oxygens (including phenoxy) is 1. The number of benzene rings is 1. The molecule has 0 amide bonds. The van der Waals surface area contributed by atoms with Crippen LogP contribution >= 0.6 is 0 Å². The third kappa shape index (κ3) is 1.08. The van der Waals surface area contributed by atoms with Gasteiger partial charge < -0.3 is 9.84 Å². The molecule has 4 nitrogen and oxygen atoms in total. The summed E-state index contributed by atoms with van der Waals surface area (Å²) in [4.78, 5) is 21.7. The predicted molar refractivity (Wildman–Crippen MR) is 48.1 cm³/mol. The molecule has 1 N–H and O–H groups in total. The fraction of sp³-hybridized carbons (Fsp3) is 0. The average molecular weight is 190 g/mol. The van der Waals surface area contributed by atoms with Crippen molar-refractivity contribution in [1.82, 2.24) is 0 Å². The normalized spacial score (nSPS) is 13.7. The van der Waals surface area contributed by atoms with Gasteiger partial charge >= 0.3 is 11.9 Å². The van der Waals surface area contributed by atoms with Crippen LogP contribution in [0.5, 0.6) is 5.75 Å². The molecule has 0 aliphatic carbocycles. The number of hydrogen-bond donors (Lipinski definition) is 1. The number of aromatic carboxylic acids is 1. The number of hydrogen-bond acceptors (Lipinski definition) is 3. The van der Waals surface area contributed by atoms with Gasteiger partial charge in [-0.15, -0.1) is 0 Å². The maximum Gasteiger partial charge on any atom is 0.343 e. The number of carboxylic acids is 1. The summed E-state index contributed by atoms with van der Waals surface area (Å²) in [6.45, 7) is 3.51. The van der Waals surface area contributed by atoms with Gasteiger partial charge in [-0.2, -0.15) is 0 Å². The van der Waals surface area contributed by atoms with E-state index in [9.17, 15) is 9.59 Å². The van der Waals surface area contributed by atoms with Crippen LogP contribution in [0.1, 0.15) is 15.9 Å². The second-order valence-electron chi connectivity index (χ2n) is 2.88. The van der Waals surface area contributed by atoms with Crippen LogP contribution in [0.15, 0.2) is 24.8 Å². The van der Waals surface area contributed by atoms with Crippen LogP contribution in [-0.2, 0) is 4.79 Å². The van der Waals surface area contributed by atoms with Crippen LogP contribution in [0, 0.1) is 0 Å². The number of carboxylic acid groups (broad SMARTS) is 1. The number of rotatable bonds is 1. The van der Waals surface area contributed by atoms with Gasteiger partial charge in [-0.3, -0.25) is 0 Å². The lowest BCUT2D eigenvalue weighted by molar-refractivity contribution is -0.126. The summed E-state index contributed by atoms with van der Waals surface area (Å²) in [5, 5.41) is 8.71. The summed E-state index contributed by atoms with van der Waals surface area (Å²) in [5.74, 6) is -1.20. The van der Waals surface area contributed by atoms with E-state index >= 15 is 0 Å². The number of carbonyl (C=O) groups is 2. The highest BCUT2D eigenvalue weighted by molar-refractivity contribution is 6.21. The lowest BCUT2D eigenvalue weighted by atomic mass is 10.1. The van der Waals surface area contributed by atoms with E-state index in [0.717, 1.165) is 0 Å². The highest BCUT2D eigenvalue weighted by Gasteiger charge is 2.25. The van der Waals surface area contributed by atoms with E-state index < -0.39 is 11.9 Å². The van der Waals surface area contributed by atoms with Crippen molar-refractivity contribution in [2.45, 2.75) is 0 Å². The Morgan fingerprint density at radius 1 is 1.43 bits per heavy atom. The minimum atomic E-state index is -1.04. The molecule has 1 heterocycles. The second kappa shape index (κ2) is 2.70. The van der Waals surface area contributed by atoms with Gasteiger partial charge in [0.25, 0.3) is 0 Å². The Balaban J connectivity index is 2.57. The monoisotopic (exact) mass is 190 g/mol. The molecule has 0 bridgehead atoms. The van der Waals surface area contributed by atoms with Crippen molar-refractivity contribution in [3.63, 3.8) is 0 Å². The molecule has 4 heteroatoms. The Morgan fingerprint density at radius 3 is 2.79 bits per heavy atom. The minimum Gasteiger partial charge on any atom is -0.478 e. The fourth-order valence-electron chi connectivity index (χ4n) is 1.26. The molecule has 0 radical (unpaired) electrons. The molecule has 0 saturated carbocycles. The molecule has 14 heavy (non-hydrogen) atoms. The smallest absolute Gasteiger partial charge is 0.343 e. The highest BCUT2D eigenvalue weighted by atomic mass is 16.5. The first-order valence-corrected chi connectivity index (χ1v) is 3.88. The van der Waals surface area contributed by atoms with Crippen molar-refractivity contribution >= 4 is 17.5 Å². The summed E-state index contributed by atoms with van der Waals surface area (Å²) < 4.78 is 4.82. The van der Waals surface area contributed by atoms with E-state index in [2.05, 4.69) is 6.58 Å². The van der Waals surface area contributed by atoms with Crippen molar-refractivity contribution in [3.8, 4) is 5.75 Å². The number of carbonyl (C=O) groups excluding carboxylic acids is 1. The van der Waals surface area contributed by atoms with Gasteiger partial charge in [-0.25, -0.2) is 9.59 Å². The predicted octanol–water partition coefficient (Wildman–Crippen LogP) is 1.32. The summed E-state index contributed by atoms with van der Waals surface area (Å²) in [7, 11) is 0. The van der Waals surface area contributed by atoms with E-state index in [1.54, 1.807) is 0 Å². The standard InChI is InChI=1S/C10H6O4/c1-5-7-4-6(9(11)12)2-3-8(7)14-10(5)13/h2-4H,1H2,(H,11,12). The van der Waals surface area contributed by atoms with Gasteiger partial charge in [0, 0.05) is 5.56 Å². The fourth-order valence-corrected chi connectivity index (χ4v) is 1.26. The maximum atomic E-state index is 11.0. The molecule has 1 aromatic carbocycles. The molecule has 0 atom stereocenters. The zero-order valence-electron chi connectivity index (χ0n) is 7.11. The van der Waals surface area contributed by atoms with Gasteiger partial charge in [0.2, 0.25) is 0 Å². The average Bonchev–Trinajstić information content (AvgIpc) is 2.43. The van der Waals surface area contributed by atoms with Gasteiger partial charge in [0.1, 0.15) is 5.75 Å². The summed E-state index contributed by atoms with van der Waals surface area (Å²) >= 11 is 0. The summed E-state index contributed by atoms with van der Waals surface area (Å²) in [6, 6.07) is 4.22. The lowest BCUT2D eigenvalue weighted by Gasteiger charge is -1.97. The van der Waals surface area contributed by atoms with Crippen molar-refractivity contribution < 1.29 is 19.4 Å². The third-order valence-electron chi connectivity index (χ3n) is 2.00. The number of fused-ring (bicyclic) bond motifs is 1. The quantitative estimate of drug-likeness (QED) is 0.412. The Labute approximate surface area is 79.4 Å². The van der Waals surface area contributed by atoms with Gasteiger partial charge in [-0.1, -0.05) is 6.58 Å². The molecule has 0 spiro atoms. The summed E-state index contributed by atoms with van der Waals surface area (Å²) in [6.07, 6.45) is 0.